The predicted octanol–water partition coefficient (Wildman–Crippen LogP) is 2.90. The molecule has 0 bridgehead atoms. The van der Waals surface area contributed by atoms with E-state index >= 15 is 0 Å². The van der Waals surface area contributed by atoms with Crippen LogP contribution in [0.2, 0.25) is 0 Å². The van der Waals surface area contributed by atoms with Gasteiger partial charge in [0, 0.05) is 18.3 Å². The zero-order valence-electron chi connectivity index (χ0n) is 10.3. The van der Waals surface area contributed by atoms with E-state index in [-0.39, 0.29) is 6.04 Å². The van der Waals surface area contributed by atoms with Crippen molar-refractivity contribution in [3.63, 3.8) is 0 Å². The molecule has 3 nitrogen and oxygen atoms in total. The fourth-order valence-corrected chi connectivity index (χ4v) is 1.90. The number of hydrogen-bond donors (Lipinski definition) is 1. The van der Waals surface area contributed by atoms with Crippen molar-refractivity contribution in [3.05, 3.63) is 18.2 Å². The van der Waals surface area contributed by atoms with E-state index in [1.807, 2.05) is 19.4 Å². The fourth-order valence-electron chi connectivity index (χ4n) is 1.90. The zero-order valence-corrected chi connectivity index (χ0v) is 10.3. The quantitative estimate of drug-likeness (QED) is 0.810. The van der Waals surface area contributed by atoms with Crippen LogP contribution in [0.4, 0.5) is 0 Å². The van der Waals surface area contributed by atoms with Gasteiger partial charge in [-0.05, 0) is 26.2 Å². The van der Waals surface area contributed by atoms with E-state index in [0.717, 1.165) is 11.6 Å². The first-order chi connectivity index (χ1) is 7.06. The maximum atomic E-state index is 5.90. The molecule has 0 saturated carbocycles. The number of nitrogens with two attached hydrogens (primary N) is 1. The van der Waals surface area contributed by atoms with Crippen LogP contribution in [-0.2, 0) is 0 Å². The van der Waals surface area contributed by atoms with Gasteiger partial charge in [0.15, 0.2) is 0 Å². The average Bonchev–Trinajstić information content (AvgIpc) is 2.65. The molecule has 0 aromatic carbocycles. The maximum Gasteiger partial charge on any atom is 0.0951 e. The lowest BCUT2D eigenvalue weighted by atomic mass is 10.00. The Bertz CT molecular complexity index is 291. The van der Waals surface area contributed by atoms with E-state index in [4.69, 9.17) is 5.73 Å². The topological polar surface area (TPSA) is 43.8 Å². The van der Waals surface area contributed by atoms with Gasteiger partial charge >= 0.3 is 0 Å². The summed E-state index contributed by atoms with van der Waals surface area (Å²) in [6.45, 7) is 8.76. The molecule has 1 rings (SSSR count). The van der Waals surface area contributed by atoms with Gasteiger partial charge in [0.25, 0.3) is 0 Å². The van der Waals surface area contributed by atoms with Gasteiger partial charge < -0.3 is 10.3 Å². The van der Waals surface area contributed by atoms with Crippen LogP contribution in [0.3, 0.4) is 0 Å². The van der Waals surface area contributed by atoms with Crippen molar-refractivity contribution < 1.29 is 0 Å². The Kier molecular flexibility index (Phi) is 4.33. The number of nitrogens with zero attached hydrogens (tertiary/aromatic N) is 2. The minimum absolute atomic E-state index is 0.0619. The summed E-state index contributed by atoms with van der Waals surface area (Å²) in [5.41, 5.74) is 7.03. The van der Waals surface area contributed by atoms with E-state index in [2.05, 4.69) is 30.3 Å². The summed E-state index contributed by atoms with van der Waals surface area (Å²) < 4.78 is 2.21. The third-order valence-corrected chi connectivity index (χ3v) is 3.08. The lowest BCUT2D eigenvalue weighted by molar-refractivity contribution is 0.388. The summed E-state index contributed by atoms with van der Waals surface area (Å²) in [6.07, 6.45) is 6.18. The molecule has 86 valence electrons. The molecule has 0 fully saturated rings. The number of imidazole rings is 1. The summed E-state index contributed by atoms with van der Waals surface area (Å²) in [4.78, 5) is 4.18. The highest BCUT2D eigenvalue weighted by molar-refractivity contribution is 5.04. The summed E-state index contributed by atoms with van der Waals surface area (Å²) in [5, 5.41) is 0. The standard InChI is InChI=1S/C12H23N3/c1-5-9(2)6-10(3)15-8-14-7-12(15)11(4)13/h7-11H,5-6,13H2,1-4H3/t9?,10?,11-/m0/s1. The van der Waals surface area contributed by atoms with Crippen molar-refractivity contribution >= 4 is 0 Å². The highest BCUT2D eigenvalue weighted by atomic mass is 15.1. The summed E-state index contributed by atoms with van der Waals surface area (Å²) in [7, 11) is 0. The Balaban J connectivity index is 2.72. The normalized spacial score (nSPS) is 17.4. The van der Waals surface area contributed by atoms with Crippen LogP contribution in [0.1, 0.15) is 58.3 Å². The molecule has 1 aromatic rings. The second-order valence-corrected chi connectivity index (χ2v) is 4.61. The van der Waals surface area contributed by atoms with Crippen LogP contribution in [0.5, 0.6) is 0 Å². The Morgan fingerprint density at radius 3 is 2.60 bits per heavy atom. The first-order valence-electron chi connectivity index (χ1n) is 5.83. The average molecular weight is 209 g/mol. The number of aromatic nitrogens is 2. The van der Waals surface area contributed by atoms with Gasteiger partial charge in [-0.15, -0.1) is 0 Å². The molecule has 3 atom stereocenters. The molecular formula is C12H23N3. The molecule has 1 heterocycles. The van der Waals surface area contributed by atoms with Crippen molar-refractivity contribution in [3.8, 4) is 0 Å². The zero-order chi connectivity index (χ0) is 11.4. The molecule has 0 spiro atoms. The minimum atomic E-state index is 0.0619. The van der Waals surface area contributed by atoms with Gasteiger partial charge in [0.1, 0.15) is 0 Å². The molecule has 15 heavy (non-hydrogen) atoms. The molecule has 2 unspecified atom stereocenters. The van der Waals surface area contributed by atoms with E-state index < -0.39 is 0 Å². The third kappa shape index (κ3) is 3.06. The molecule has 0 saturated heterocycles. The van der Waals surface area contributed by atoms with E-state index in [1.165, 1.54) is 12.8 Å². The van der Waals surface area contributed by atoms with E-state index in [0.29, 0.717) is 6.04 Å². The predicted molar refractivity (Wildman–Crippen MR) is 63.6 cm³/mol. The van der Waals surface area contributed by atoms with E-state index in [1.54, 1.807) is 0 Å². The van der Waals surface area contributed by atoms with Crippen molar-refractivity contribution in [2.75, 3.05) is 0 Å². The first-order valence-corrected chi connectivity index (χ1v) is 5.83. The second kappa shape index (κ2) is 5.31. The molecule has 0 aliphatic carbocycles. The van der Waals surface area contributed by atoms with Crippen LogP contribution in [-0.4, -0.2) is 9.55 Å². The van der Waals surface area contributed by atoms with Gasteiger partial charge in [-0.25, -0.2) is 4.98 Å². The van der Waals surface area contributed by atoms with Crippen molar-refractivity contribution in [1.82, 2.24) is 9.55 Å². The molecule has 0 amide bonds. The lowest BCUT2D eigenvalue weighted by Gasteiger charge is -2.21. The molecular weight excluding hydrogens is 186 g/mol. The number of hydrogen-bond acceptors (Lipinski definition) is 2. The SMILES string of the molecule is CCC(C)CC(C)n1cncc1[C@H](C)N. The highest BCUT2D eigenvalue weighted by Gasteiger charge is 2.14. The monoisotopic (exact) mass is 209 g/mol. The molecule has 0 aliphatic rings. The lowest BCUT2D eigenvalue weighted by Crippen LogP contribution is -2.16. The summed E-state index contributed by atoms with van der Waals surface area (Å²) in [6, 6.07) is 0.551. The largest absolute Gasteiger partial charge is 0.330 e. The van der Waals surface area contributed by atoms with Gasteiger partial charge in [0.2, 0.25) is 0 Å². The van der Waals surface area contributed by atoms with Crippen LogP contribution in [0, 0.1) is 5.92 Å². The Labute approximate surface area is 92.7 Å². The molecule has 0 radical (unpaired) electrons. The molecule has 0 aliphatic heterocycles. The van der Waals surface area contributed by atoms with E-state index in [9.17, 15) is 0 Å². The smallest absolute Gasteiger partial charge is 0.0951 e. The highest BCUT2D eigenvalue weighted by Crippen LogP contribution is 2.22. The van der Waals surface area contributed by atoms with Gasteiger partial charge in [0.05, 0.1) is 12.0 Å². The van der Waals surface area contributed by atoms with Crippen LogP contribution in [0.15, 0.2) is 12.5 Å². The van der Waals surface area contributed by atoms with Gasteiger partial charge in [-0.1, -0.05) is 20.3 Å². The second-order valence-electron chi connectivity index (χ2n) is 4.61. The molecule has 3 heteroatoms. The summed E-state index contributed by atoms with van der Waals surface area (Å²) >= 11 is 0. The Morgan fingerprint density at radius 2 is 2.07 bits per heavy atom. The van der Waals surface area contributed by atoms with Crippen molar-refractivity contribution in [1.29, 1.82) is 0 Å². The maximum absolute atomic E-state index is 5.90. The number of rotatable bonds is 5. The van der Waals surface area contributed by atoms with Crippen LogP contribution < -0.4 is 5.73 Å². The first kappa shape index (κ1) is 12.2. The van der Waals surface area contributed by atoms with Crippen LogP contribution in [0.25, 0.3) is 0 Å². The van der Waals surface area contributed by atoms with Gasteiger partial charge in [-0.2, -0.15) is 0 Å². The Hall–Kier alpha value is -0.830. The minimum Gasteiger partial charge on any atom is -0.330 e. The third-order valence-electron chi connectivity index (χ3n) is 3.08. The molecule has 2 N–H and O–H groups in total. The Morgan fingerprint density at radius 1 is 1.40 bits per heavy atom. The molecule has 1 aromatic heterocycles. The van der Waals surface area contributed by atoms with Crippen molar-refractivity contribution in [2.24, 2.45) is 11.7 Å². The fraction of sp³-hybridized carbons (Fsp3) is 0.750. The van der Waals surface area contributed by atoms with Crippen LogP contribution >= 0.6 is 0 Å². The van der Waals surface area contributed by atoms with Crippen molar-refractivity contribution in [2.45, 2.75) is 52.6 Å². The summed E-state index contributed by atoms with van der Waals surface area (Å²) in [5.74, 6) is 0.753. The van der Waals surface area contributed by atoms with Gasteiger partial charge in [-0.3, -0.25) is 0 Å².